The highest BCUT2D eigenvalue weighted by molar-refractivity contribution is 6.31. The van der Waals surface area contributed by atoms with E-state index in [2.05, 4.69) is 0 Å². The van der Waals surface area contributed by atoms with E-state index >= 15 is 0 Å². The van der Waals surface area contributed by atoms with Gasteiger partial charge in [-0.25, -0.2) is 0 Å². The molecule has 1 aromatic rings. The lowest BCUT2D eigenvalue weighted by atomic mass is 9.80. The fourth-order valence-corrected chi connectivity index (χ4v) is 3.95. The number of carbonyl (C=O) groups is 1. The molecular formula is C15H18ClNO2. The monoisotopic (exact) mass is 279 g/mol. The summed E-state index contributed by atoms with van der Waals surface area (Å²) in [6.45, 7) is 0. The average molecular weight is 280 g/mol. The Bertz CT molecular complexity index is 515. The molecule has 102 valence electrons. The minimum absolute atomic E-state index is 0.00469. The normalized spacial score (nSPS) is 32.6. The SMILES string of the molecule is COc1ccc(Cl)cc1C(=O)C1C2CCC(C2)C1N. The third-order valence-corrected chi connectivity index (χ3v) is 4.95. The maximum Gasteiger partial charge on any atom is 0.171 e. The van der Waals surface area contributed by atoms with Gasteiger partial charge in [0.25, 0.3) is 0 Å². The fraction of sp³-hybridized carbons (Fsp3) is 0.533. The van der Waals surface area contributed by atoms with E-state index in [-0.39, 0.29) is 17.7 Å². The van der Waals surface area contributed by atoms with Crippen LogP contribution in [0.1, 0.15) is 29.6 Å². The minimum Gasteiger partial charge on any atom is -0.496 e. The van der Waals surface area contributed by atoms with E-state index in [0.717, 1.165) is 12.8 Å². The fourth-order valence-electron chi connectivity index (χ4n) is 3.78. The second kappa shape index (κ2) is 4.80. The standard InChI is InChI=1S/C15H18ClNO2/c1-19-12-5-4-10(16)7-11(12)15(18)13-8-2-3-9(6-8)14(13)17/h4-5,7-9,13-14H,2-3,6,17H2,1H3. The van der Waals surface area contributed by atoms with E-state index in [1.54, 1.807) is 25.3 Å². The zero-order chi connectivity index (χ0) is 13.6. The van der Waals surface area contributed by atoms with Crippen molar-refractivity contribution in [1.29, 1.82) is 0 Å². The van der Waals surface area contributed by atoms with Crippen molar-refractivity contribution in [3.05, 3.63) is 28.8 Å². The van der Waals surface area contributed by atoms with Gasteiger partial charge in [0, 0.05) is 17.0 Å². The molecule has 0 spiro atoms. The summed E-state index contributed by atoms with van der Waals surface area (Å²) in [7, 11) is 1.57. The Morgan fingerprint density at radius 3 is 2.74 bits per heavy atom. The number of halogens is 1. The first-order valence-electron chi connectivity index (χ1n) is 6.75. The molecule has 4 unspecified atom stereocenters. The Kier molecular flexibility index (Phi) is 3.27. The van der Waals surface area contributed by atoms with Gasteiger partial charge in [0.05, 0.1) is 12.7 Å². The zero-order valence-corrected chi connectivity index (χ0v) is 11.7. The summed E-state index contributed by atoms with van der Waals surface area (Å²) in [5.74, 6) is 1.58. The molecule has 0 aromatic heterocycles. The van der Waals surface area contributed by atoms with Gasteiger partial charge in [0.1, 0.15) is 5.75 Å². The summed E-state index contributed by atoms with van der Waals surface area (Å²) in [6.07, 6.45) is 3.39. The Morgan fingerprint density at radius 2 is 2.11 bits per heavy atom. The summed E-state index contributed by atoms with van der Waals surface area (Å²) in [5, 5.41) is 0.556. The van der Waals surface area contributed by atoms with Crippen molar-refractivity contribution in [1.82, 2.24) is 0 Å². The molecule has 2 aliphatic rings. The summed E-state index contributed by atoms with van der Waals surface area (Å²) < 4.78 is 5.28. The molecule has 2 saturated carbocycles. The van der Waals surface area contributed by atoms with Crippen LogP contribution in [0, 0.1) is 17.8 Å². The first-order chi connectivity index (χ1) is 9.11. The summed E-state index contributed by atoms with van der Waals surface area (Å²) in [4.78, 5) is 12.8. The lowest BCUT2D eigenvalue weighted by molar-refractivity contribution is 0.0853. The van der Waals surface area contributed by atoms with Crippen molar-refractivity contribution in [3.63, 3.8) is 0 Å². The number of nitrogens with two attached hydrogens (primary N) is 1. The van der Waals surface area contributed by atoms with Crippen LogP contribution in [0.4, 0.5) is 0 Å². The number of Topliss-reactive ketones (excluding diaryl/α,β-unsaturated/α-hetero) is 1. The summed E-state index contributed by atoms with van der Waals surface area (Å²) in [6, 6.07) is 5.17. The minimum atomic E-state index is -0.0638. The Labute approximate surface area is 118 Å². The van der Waals surface area contributed by atoms with Gasteiger partial charge in [-0.15, -0.1) is 0 Å². The van der Waals surface area contributed by atoms with E-state index < -0.39 is 0 Å². The molecule has 2 N–H and O–H groups in total. The molecule has 3 rings (SSSR count). The van der Waals surface area contributed by atoms with Crippen LogP contribution in [0.25, 0.3) is 0 Å². The number of hydrogen-bond donors (Lipinski definition) is 1. The molecule has 0 amide bonds. The van der Waals surface area contributed by atoms with E-state index in [1.807, 2.05) is 0 Å². The maximum absolute atomic E-state index is 12.8. The number of ether oxygens (including phenoxy) is 1. The molecule has 0 heterocycles. The molecule has 1 aromatic carbocycles. The first-order valence-corrected chi connectivity index (χ1v) is 7.13. The molecule has 2 fully saturated rings. The molecule has 3 nitrogen and oxygen atoms in total. The third kappa shape index (κ3) is 2.05. The quantitative estimate of drug-likeness (QED) is 0.866. The van der Waals surface area contributed by atoms with E-state index in [0.29, 0.717) is 28.2 Å². The van der Waals surface area contributed by atoms with Crippen LogP contribution < -0.4 is 10.5 Å². The number of rotatable bonds is 3. The number of ketones is 1. The lowest BCUT2D eigenvalue weighted by Crippen LogP contribution is -2.40. The summed E-state index contributed by atoms with van der Waals surface area (Å²) >= 11 is 6.00. The molecule has 4 atom stereocenters. The zero-order valence-electron chi connectivity index (χ0n) is 10.9. The Morgan fingerprint density at radius 1 is 1.37 bits per heavy atom. The third-order valence-electron chi connectivity index (χ3n) is 4.71. The second-order valence-corrected chi connectivity index (χ2v) is 6.08. The van der Waals surface area contributed by atoms with Crippen LogP contribution in [-0.2, 0) is 0 Å². The molecule has 0 saturated heterocycles. The smallest absolute Gasteiger partial charge is 0.171 e. The van der Waals surface area contributed by atoms with Crippen LogP contribution in [0.2, 0.25) is 5.02 Å². The Hall–Kier alpha value is -1.06. The molecule has 0 radical (unpaired) electrons. The maximum atomic E-state index is 12.8. The molecule has 4 heteroatoms. The number of hydrogen-bond acceptors (Lipinski definition) is 3. The van der Waals surface area contributed by atoms with Gasteiger partial charge >= 0.3 is 0 Å². The van der Waals surface area contributed by atoms with Crippen LogP contribution in [-0.4, -0.2) is 18.9 Å². The van der Waals surface area contributed by atoms with Crippen molar-refractivity contribution in [2.24, 2.45) is 23.5 Å². The predicted octanol–water partition coefficient (Wildman–Crippen LogP) is 2.90. The van der Waals surface area contributed by atoms with E-state index in [9.17, 15) is 4.79 Å². The number of methoxy groups -OCH3 is 1. The van der Waals surface area contributed by atoms with Gasteiger partial charge in [-0.05, 0) is 49.3 Å². The lowest BCUT2D eigenvalue weighted by Gasteiger charge is -2.27. The van der Waals surface area contributed by atoms with Crippen LogP contribution in [0.15, 0.2) is 18.2 Å². The highest BCUT2D eigenvalue weighted by Gasteiger charge is 2.49. The predicted molar refractivity (Wildman–Crippen MR) is 74.6 cm³/mol. The van der Waals surface area contributed by atoms with Gasteiger partial charge < -0.3 is 10.5 Å². The molecular weight excluding hydrogens is 262 g/mol. The number of benzene rings is 1. The highest BCUT2D eigenvalue weighted by Crippen LogP contribution is 2.49. The number of carbonyl (C=O) groups excluding carboxylic acids is 1. The molecule has 19 heavy (non-hydrogen) atoms. The van der Waals surface area contributed by atoms with Crippen molar-refractivity contribution in [2.75, 3.05) is 7.11 Å². The van der Waals surface area contributed by atoms with Crippen LogP contribution in [0.5, 0.6) is 5.75 Å². The first kappa shape index (κ1) is 12.9. The van der Waals surface area contributed by atoms with Gasteiger partial charge in [0.2, 0.25) is 0 Å². The van der Waals surface area contributed by atoms with E-state index in [1.165, 1.54) is 6.42 Å². The van der Waals surface area contributed by atoms with Crippen molar-refractivity contribution >= 4 is 17.4 Å². The largest absolute Gasteiger partial charge is 0.496 e. The van der Waals surface area contributed by atoms with Gasteiger partial charge in [-0.2, -0.15) is 0 Å². The van der Waals surface area contributed by atoms with Crippen LogP contribution in [0.3, 0.4) is 0 Å². The van der Waals surface area contributed by atoms with Gasteiger partial charge in [0.15, 0.2) is 5.78 Å². The molecule has 2 bridgehead atoms. The highest BCUT2D eigenvalue weighted by atomic mass is 35.5. The summed E-state index contributed by atoms with van der Waals surface area (Å²) in [5.41, 5.74) is 6.81. The second-order valence-electron chi connectivity index (χ2n) is 5.65. The molecule has 0 aliphatic heterocycles. The molecule has 2 aliphatic carbocycles. The van der Waals surface area contributed by atoms with Gasteiger partial charge in [-0.3, -0.25) is 4.79 Å². The van der Waals surface area contributed by atoms with Crippen molar-refractivity contribution in [2.45, 2.75) is 25.3 Å². The van der Waals surface area contributed by atoms with Gasteiger partial charge in [-0.1, -0.05) is 11.6 Å². The van der Waals surface area contributed by atoms with Crippen LogP contribution >= 0.6 is 11.6 Å². The van der Waals surface area contributed by atoms with Crippen molar-refractivity contribution < 1.29 is 9.53 Å². The number of fused-ring (bicyclic) bond motifs is 2. The topological polar surface area (TPSA) is 52.3 Å². The van der Waals surface area contributed by atoms with Crippen molar-refractivity contribution in [3.8, 4) is 5.75 Å². The Balaban J connectivity index is 1.94. The van der Waals surface area contributed by atoms with E-state index in [4.69, 9.17) is 22.1 Å². The average Bonchev–Trinajstić information content (AvgIpc) is 2.98.